The summed E-state index contributed by atoms with van der Waals surface area (Å²) in [5.74, 6) is -2.61. The zero-order chi connectivity index (χ0) is 19.8. The number of carboxylic acid groups (broad SMARTS) is 2. The third-order valence-electron chi connectivity index (χ3n) is 3.39. The smallest absolute Gasteiger partial charge is 0.339 e. The summed E-state index contributed by atoms with van der Waals surface area (Å²) in [6.07, 6.45) is 0. The van der Waals surface area contributed by atoms with Crippen LogP contribution in [0.2, 0.25) is 0 Å². The van der Waals surface area contributed by atoms with E-state index in [0.717, 1.165) is 5.06 Å². The first-order valence-electron chi connectivity index (χ1n) is 7.90. The molecule has 27 heavy (non-hydrogen) atoms. The lowest BCUT2D eigenvalue weighted by molar-refractivity contribution is -0.155. The molecule has 0 atom stereocenters. The summed E-state index contributed by atoms with van der Waals surface area (Å²) in [5.41, 5.74) is 2.46. The monoisotopic (exact) mass is 374 g/mol. The van der Waals surface area contributed by atoms with Crippen LogP contribution in [0.3, 0.4) is 0 Å². The van der Waals surface area contributed by atoms with Crippen LogP contribution in [0.4, 0.5) is 0 Å². The SMILES string of the molecule is CC(=O)N(CCNOc1ccccc1C(=O)O)Oc1ccccc1C(=O)O. The van der Waals surface area contributed by atoms with Crippen molar-refractivity contribution in [2.24, 2.45) is 0 Å². The standard InChI is InChI=1S/C18H18N2O7/c1-12(21)20(27-16-9-5-3-7-14(16)18(24)25)11-10-19-26-15-8-4-2-6-13(15)17(22)23/h2-9,19H,10-11H2,1H3,(H,22,23)(H,24,25). The maximum atomic E-state index is 11.7. The molecule has 0 aliphatic rings. The van der Waals surface area contributed by atoms with Gasteiger partial charge >= 0.3 is 11.9 Å². The molecule has 2 rings (SSSR count). The largest absolute Gasteiger partial charge is 0.478 e. The molecule has 0 aliphatic carbocycles. The number of benzene rings is 2. The van der Waals surface area contributed by atoms with Gasteiger partial charge in [0.2, 0.25) is 0 Å². The predicted molar refractivity (Wildman–Crippen MR) is 93.4 cm³/mol. The number of nitrogens with one attached hydrogen (secondary N) is 1. The van der Waals surface area contributed by atoms with Gasteiger partial charge in [0, 0.05) is 6.92 Å². The molecule has 0 saturated carbocycles. The van der Waals surface area contributed by atoms with Crippen molar-refractivity contribution in [3.8, 4) is 11.5 Å². The van der Waals surface area contributed by atoms with Crippen molar-refractivity contribution in [3.63, 3.8) is 0 Å². The number of nitrogens with zero attached hydrogens (tertiary/aromatic N) is 1. The van der Waals surface area contributed by atoms with Crippen molar-refractivity contribution in [1.29, 1.82) is 0 Å². The van der Waals surface area contributed by atoms with Crippen molar-refractivity contribution in [2.75, 3.05) is 13.1 Å². The van der Waals surface area contributed by atoms with Gasteiger partial charge in [0.25, 0.3) is 5.91 Å². The van der Waals surface area contributed by atoms with E-state index in [-0.39, 0.29) is 35.7 Å². The molecular weight excluding hydrogens is 356 g/mol. The summed E-state index contributed by atoms with van der Waals surface area (Å²) < 4.78 is 0. The van der Waals surface area contributed by atoms with Gasteiger partial charge in [0.15, 0.2) is 11.5 Å². The zero-order valence-electron chi connectivity index (χ0n) is 14.4. The van der Waals surface area contributed by atoms with E-state index in [1.807, 2.05) is 0 Å². The summed E-state index contributed by atoms with van der Waals surface area (Å²) in [6, 6.07) is 12.0. The number of hydrogen-bond donors (Lipinski definition) is 3. The summed E-state index contributed by atoms with van der Waals surface area (Å²) in [7, 11) is 0. The first kappa shape index (κ1) is 19.7. The van der Waals surface area contributed by atoms with Gasteiger partial charge < -0.3 is 19.9 Å². The number of carbonyl (C=O) groups is 3. The second kappa shape index (κ2) is 9.20. The molecular formula is C18H18N2O7. The van der Waals surface area contributed by atoms with Gasteiger partial charge in [0.05, 0.1) is 13.1 Å². The number of rotatable bonds is 9. The summed E-state index contributed by atoms with van der Waals surface area (Å²) in [5, 5.41) is 19.2. The van der Waals surface area contributed by atoms with Crippen LogP contribution in [-0.2, 0) is 4.79 Å². The van der Waals surface area contributed by atoms with E-state index in [2.05, 4.69) is 5.48 Å². The minimum atomic E-state index is -1.18. The van der Waals surface area contributed by atoms with Gasteiger partial charge in [-0.3, -0.25) is 4.79 Å². The van der Waals surface area contributed by atoms with Crippen molar-refractivity contribution in [3.05, 3.63) is 59.7 Å². The third-order valence-corrected chi connectivity index (χ3v) is 3.39. The van der Waals surface area contributed by atoms with Gasteiger partial charge in [-0.2, -0.15) is 10.5 Å². The molecule has 0 aromatic heterocycles. The summed E-state index contributed by atoms with van der Waals surface area (Å²) in [4.78, 5) is 44.7. The summed E-state index contributed by atoms with van der Waals surface area (Å²) in [6.45, 7) is 1.39. The average Bonchev–Trinajstić information content (AvgIpc) is 2.64. The number of para-hydroxylation sites is 2. The number of carboxylic acids is 2. The molecule has 0 aliphatic heterocycles. The Hall–Kier alpha value is -3.59. The molecule has 9 heteroatoms. The second-order valence-corrected chi connectivity index (χ2v) is 5.31. The van der Waals surface area contributed by atoms with Crippen LogP contribution in [0, 0.1) is 0 Å². The average molecular weight is 374 g/mol. The second-order valence-electron chi connectivity index (χ2n) is 5.31. The molecule has 2 aromatic rings. The highest BCUT2D eigenvalue weighted by molar-refractivity contribution is 5.91. The molecule has 2 aromatic carbocycles. The molecule has 0 spiro atoms. The molecule has 0 radical (unpaired) electrons. The van der Waals surface area contributed by atoms with Gasteiger partial charge in [-0.25, -0.2) is 9.59 Å². The van der Waals surface area contributed by atoms with Crippen molar-refractivity contribution in [1.82, 2.24) is 10.5 Å². The van der Waals surface area contributed by atoms with Crippen molar-refractivity contribution in [2.45, 2.75) is 6.92 Å². The Kier molecular flexibility index (Phi) is 6.73. The van der Waals surface area contributed by atoms with Gasteiger partial charge in [0.1, 0.15) is 11.1 Å². The number of hydrogen-bond acceptors (Lipinski definition) is 6. The topological polar surface area (TPSA) is 125 Å². The summed E-state index contributed by atoms with van der Waals surface area (Å²) >= 11 is 0. The van der Waals surface area contributed by atoms with E-state index < -0.39 is 17.8 Å². The quantitative estimate of drug-likeness (QED) is 0.448. The molecule has 0 fully saturated rings. The Morgan fingerprint density at radius 1 is 0.926 bits per heavy atom. The molecule has 3 N–H and O–H groups in total. The van der Waals surface area contributed by atoms with Gasteiger partial charge in [-0.1, -0.05) is 24.3 Å². The number of aromatic carboxylic acids is 2. The predicted octanol–water partition coefficient (Wildman–Crippen LogP) is 1.81. The molecule has 0 heterocycles. The molecule has 0 bridgehead atoms. The molecule has 142 valence electrons. The zero-order valence-corrected chi connectivity index (χ0v) is 14.4. The van der Waals surface area contributed by atoms with Crippen LogP contribution in [0.1, 0.15) is 27.6 Å². The van der Waals surface area contributed by atoms with Crippen LogP contribution >= 0.6 is 0 Å². The Morgan fingerprint density at radius 2 is 1.44 bits per heavy atom. The van der Waals surface area contributed by atoms with E-state index >= 15 is 0 Å². The lowest BCUT2D eigenvalue weighted by Gasteiger charge is -2.22. The molecule has 9 nitrogen and oxygen atoms in total. The Balaban J connectivity index is 1.96. The van der Waals surface area contributed by atoms with Gasteiger partial charge in [-0.15, -0.1) is 0 Å². The van der Waals surface area contributed by atoms with Crippen LogP contribution in [0.25, 0.3) is 0 Å². The normalized spacial score (nSPS) is 10.1. The number of hydroxylamine groups is 3. The Morgan fingerprint density at radius 3 is 2.00 bits per heavy atom. The number of carbonyl (C=O) groups excluding carboxylic acids is 1. The molecule has 0 unspecified atom stereocenters. The lowest BCUT2D eigenvalue weighted by atomic mass is 10.2. The number of amides is 1. The van der Waals surface area contributed by atoms with Gasteiger partial charge in [-0.05, 0) is 24.3 Å². The highest BCUT2D eigenvalue weighted by Gasteiger charge is 2.17. The minimum absolute atomic E-state index is 0.0138. The highest BCUT2D eigenvalue weighted by atomic mass is 16.7. The Bertz CT molecular complexity index is 838. The minimum Gasteiger partial charge on any atom is -0.478 e. The third kappa shape index (κ3) is 5.44. The van der Waals surface area contributed by atoms with Crippen molar-refractivity contribution < 1.29 is 34.3 Å². The van der Waals surface area contributed by atoms with Crippen LogP contribution in [-0.4, -0.2) is 46.2 Å². The van der Waals surface area contributed by atoms with Crippen LogP contribution < -0.4 is 15.2 Å². The van der Waals surface area contributed by atoms with E-state index in [0.29, 0.717) is 0 Å². The fourth-order valence-electron chi connectivity index (χ4n) is 2.12. The lowest BCUT2D eigenvalue weighted by Crippen LogP contribution is -2.39. The van der Waals surface area contributed by atoms with Crippen LogP contribution in [0.15, 0.2) is 48.5 Å². The first-order valence-corrected chi connectivity index (χ1v) is 7.90. The highest BCUT2D eigenvalue weighted by Crippen LogP contribution is 2.19. The molecule has 0 saturated heterocycles. The van der Waals surface area contributed by atoms with Crippen molar-refractivity contribution >= 4 is 17.8 Å². The van der Waals surface area contributed by atoms with Crippen LogP contribution in [0.5, 0.6) is 11.5 Å². The van der Waals surface area contributed by atoms with E-state index in [1.165, 1.54) is 31.2 Å². The van der Waals surface area contributed by atoms with E-state index in [1.54, 1.807) is 24.3 Å². The van der Waals surface area contributed by atoms with E-state index in [9.17, 15) is 14.4 Å². The fraction of sp³-hybridized carbons (Fsp3) is 0.167. The van der Waals surface area contributed by atoms with E-state index in [4.69, 9.17) is 19.9 Å². The first-order chi connectivity index (χ1) is 12.9. The maximum Gasteiger partial charge on any atom is 0.339 e. The Labute approximate surface area is 154 Å². The fourth-order valence-corrected chi connectivity index (χ4v) is 2.12. The maximum absolute atomic E-state index is 11.7. The molecule has 1 amide bonds.